The zero-order valence-electron chi connectivity index (χ0n) is 39.7. The van der Waals surface area contributed by atoms with Crippen LogP contribution in [0.4, 0.5) is 11.4 Å². The molecule has 4 saturated carbocycles. The third kappa shape index (κ3) is 13.3. The summed E-state index contributed by atoms with van der Waals surface area (Å²) < 4.78 is 15.7. The molecule has 14 nitrogen and oxygen atoms in total. The highest BCUT2D eigenvalue weighted by atomic mass is 32.1. The molecule has 0 aromatic carbocycles. The van der Waals surface area contributed by atoms with Gasteiger partial charge >= 0.3 is 11.9 Å². The summed E-state index contributed by atoms with van der Waals surface area (Å²) in [7, 11) is 1.33. The van der Waals surface area contributed by atoms with E-state index >= 15 is 0 Å². The standard InChI is InChI=1S/C26H34N2O5S.C25H32N2O5S/c1-18-4-6-19(7-5-18)24(30)28(17-22(29)27-12-14-33-15-13-27)21-16-20(8-9-26(2)10-11-26)34-23(21)25(31)32-3;1-17-3-5-18(6-4-17)23(29)27(16-21(28)26-11-13-32-14-12-26)20-15-19(33-22(20)24(30)31)7-8-25(2)9-10-25/h16,18-19H,4-7,10-15,17H2,1-3H3;15,17-18H,3-6,9-14,16H2,1-2H3,(H,30,31). The van der Waals surface area contributed by atoms with Gasteiger partial charge in [0.25, 0.3) is 0 Å². The van der Waals surface area contributed by atoms with Gasteiger partial charge in [-0.1, -0.05) is 37.5 Å². The molecule has 0 spiro atoms. The fourth-order valence-electron chi connectivity index (χ4n) is 8.84. The smallest absolute Gasteiger partial charge is 0.350 e. The molecule has 8 rings (SSSR count). The number of ether oxygens (including phenoxy) is 3. The fourth-order valence-corrected chi connectivity index (χ4v) is 10.6. The molecular weight excluding hydrogens is 893 g/mol. The highest BCUT2D eigenvalue weighted by Crippen LogP contribution is 2.45. The van der Waals surface area contributed by atoms with E-state index in [4.69, 9.17) is 14.2 Å². The monoisotopic (exact) mass is 958 g/mol. The summed E-state index contributed by atoms with van der Waals surface area (Å²) in [5.74, 6) is 11.5. The highest BCUT2D eigenvalue weighted by Gasteiger charge is 2.38. The maximum atomic E-state index is 13.8. The fraction of sp³-hybridized carbons (Fsp3) is 0.647. The first kappa shape index (κ1) is 50.1. The van der Waals surface area contributed by atoms with Crippen molar-refractivity contribution in [1.29, 1.82) is 0 Å². The Kier molecular flexibility index (Phi) is 16.6. The number of hydrogen-bond acceptors (Lipinski definition) is 11. The summed E-state index contributed by atoms with van der Waals surface area (Å²) in [4.78, 5) is 86.5. The van der Waals surface area contributed by atoms with Crippen LogP contribution in [0.1, 0.15) is 134 Å². The van der Waals surface area contributed by atoms with Gasteiger partial charge in [0.2, 0.25) is 23.6 Å². The molecule has 0 atom stereocenters. The van der Waals surface area contributed by atoms with Crippen LogP contribution in [0.3, 0.4) is 0 Å². The Bertz CT molecular complexity index is 2280. The lowest BCUT2D eigenvalue weighted by Crippen LogP contribution is -2.49. The number of thiophene rings is 2. The molecule has 0 radical (unpaired) electrons. The van der Waals surface area contributed by atoms with Crippen LogP contribution in [-0.4, -0.2) is 123 Å². The quantitative estimate of drug-likeness (QED) is 0.189. The molecule has 2 aromatic heterocycles. The van der Waals surface area contributed by atoms with Crippen molar-refractivity contribution < 1.29 is 48.1 Å². The average molecular weight is 959 g/mol. The maximum absolute atomic E-state index is 13.8. The van der Waals surface area contributed by atoms with Crippen molar-refractivity contribution >= 4 is 69.6 Å². The second-order valence-corrected chi connectivity index (χ2v) is 21.9. The molecular formula is C51H66N4O10S2. The number of carboxylic acids is 1. The molecule has 0 unspecified atom stereocenters. The van der Waals surface area contributed by atoms with Gasteiger partial charge in [-0.05, 0) is 115 Å². The van der Waals surface area contributed by atoms with E-state index in [1.54, 1.807) is 21.9 Å². The molecule has 2 saturated heterocycles. The Morgan fingerprint density at radius 3 is 1.39 bits per heavy atom. The molecule has 16 heteroatoms. The lowest BCUT2D eigenvalue weighted by molar-refractivity contribution is -0.135. The maximum Gasteiger partial charge on any atom is 0.350 e. The van der Waals surface area contributed by atoms with E-state index in [-0.39, 0.29) is 64.3 Å². The molecule has 2 aromatic rings. The molecule has 4 heterocycles. The summed E-state index contributed by atoms with van der Waals surface area (Å²) >= 11 is 2.31. The van der Waals surface area contributed by atoms with Crippen molar-refractivity contribution in [3.8, 4) is 23.7 Å². The minimum absolute atomic E-state index is 0.00807. The normalized spacial score (nSPS) is 23.7. The zero-order chi connectivity index (χ0) is 47.9. The van der Waals surface area contributed by atoms with Crippen molar-refractivity contribution in [1.82, 2.24) is 9.80 Å². The van der Waals surface area contributed by atoms with Crippen LogP contribution in [-0.2, 0) is 33.4 Å². The summed E-state index contributed by atoms with van der Waals surface area (Å²) in [6, 6.07) is 3.47. The number of carboxylic acid groups (broad SMARTS) is 1. The second-order valence-electron chi connectivity index (χ2n) is 19.8. The van der Waals surface area contributed by atoms with Crippen LogP contribution in [0.15, 0.2) is 12.1 Å². The van der Waals surface area contributed by atoms with E-state index in [0.717, 1.165) is 88.4 Å². The summed E-state index contributed by atoms with van der Waals surface area (Å²) in [6.45, 7) is 12.2. The number of anilines is 2. The van der Waals surface area contributed by atoms with Gasteiger partial charge in [-0.15, -0.1) is 22.7 Å². The summed E-state index contributed by atoms with van der Waals surface area (Å²) in [6.07, 6.45) is 11.3. The zero-order valence-corrected chi connectivity index (χ0v) is 41.4. The number of aromatic carboxylic acids is 1. The first-order chi connectivity index (χ1) is 32.0. The Labute approximate surface area is 403 Å². The Balaban J connectivity index is 0.000000199. The Morgan fingerprint density at radius 2 is 1.03 bits per heavy atom. The van der Waals surface area contributed by atoms with Crippen molar-refractivity contribution in [2.24, 2.45) is 34.5 Å². The molecule has 4 aliphatic carbocycles. The number of esters is 1. The van der Waals surface area contributed by atoms with Gasteiger partial charge in [0, 0.05) is 48.8 Å². The molecule has 1 N–H and O–H groups in total. The van der Waals surface area contributed by atoms with Gasteiger partial charge in [-0.3, -0.25) is 19.2 Å². The average Bonchev–Trinajstić information content (AvgIpc) is 4.15. The number of hydrogen-bond donors (Lipinski definition) is 1. The number of nitrogens with zero attached hydrogens (tertiary/aromatic N) is 4. The third-order valence-electron chi connectivity index (χ3n) is 14.1. The predicted octanol–water partition coefficient (Wildman–Crippen LogP) is 7.32. The topological polar surface area (TPSA) is 163 Å². The van der Waals surface area contributed by atoms with E-state index in [9.17, 15) is 33.9 Å². The van der Waals surface area contributed by atoms with Crippen LogP contribution in [0.25, 0.3) is 0 Å². The number of carbonyl (C=O) groups excluding carboxylic acids is 5. The largest absolute Gasteiger partial charge is 0.477 e. The lowest BCUT2D eigenvalue weighted by Gasteiger charge is -2.33. The Hall–Kier alpha value is -4.74. The van der Waals surface area contributed by atoms with Gasteiger partial charge in [-0.2, -0.15) is 0 Å². The van der Waals surface area contributed by atoms with Crippen LogP contribution < -0.4 is 9.80 Å². The number of methoxy groups -OCH3 is 1. The first-order valence-electron chi connectivity index (χ1n) is 24.0. The molecule has 362 valence electrons. The van der Waals surface area contributed by atoms with Crippen molar-refractivity contribution in [3.05, 3.63) is 31.6 Å². The van der Waals surface area contributed by atoms with Gasteiger partial charge in [0.1, 0.15) is 22.8 Å². The lowest BCUT2D eigenvalue weighted by atomic mass is 9.82. The molecule has 6 aliphatic rings. The second kappa shape index (κ2) is 22.1. The molecule has 67 heavy (non-hydrogen) atoms. The minimum Gasteiger partial charge on any atom is -0.477 e. The number of morpholine rings is 2. The van der Waals surface area contributed by atoms with Crippen molar-refractivity contribution in [2.75, 3.05) is 82.6 Å². The van der Waals surface area contributed by atoms with Crippen LogP contribution in [0.5, 0.6) is 0 Å². The van der Waals surface area contributed by atoms with Crippen LogP contribution in [0.2, 0.25) is 0 Å². The van der Waals surface area contributed by atoms with Gasteiger partial charge in [0.05, 0.1) is 54.7 Å². The third-order valence-corrected chi connectivity index (χ3v) is 16.2. The van der Waals surface area contributed by atoms with Gasteiger partial charge in [-0.25, -0.2) is 9.59 Å². The predicted molar refractivity (Wildman–Crippen MR) is 257 cm³/mol. The number of amides is 4. The number of rotatable bonds is 10. The summed E-state index contributed by atoms with van der Waals surface area (Å²) in [5, 5.41) is 9.89. The molecule has 4 amide bonds. The van der Waals surface area contributed by atoms with E-state index in [0.29, 0.717) is 90.4 Å². The van der Waals surface area contributed by atoms with E-state index < -0.39 is 11.9 Å². The van der Waals surface area contributed by atoms with E-state index in [2.05, 4.69) is 51.4 Å². The van der Waals surface area contributed by atoms with Gasteiger partial charge in [0.15, 0.2) is 0 Å². The molecule has 2 aliphatic heterocycles. The molecule has 6 fully saturated rings. The SMILES string of the molecule is CC1CCC(C(=O)N(CC(=O)N2CCOCC2)c2cc(C#CC3(C)CC3)sc2C(=O)O)CC1.COC(=O)c1sc(C#CC2(C)CC2)cc1N(CC(=O)N1CCOCC1)C(=O)C1CCC(C)CC1. The van der Waals surface area contributed by atoms with E-state index in [1.807, 2.05) is 0 Å². The Morgan fingerprint density at radius 1 is 0.657 bits per heavy atom. The minimum atomic E-state index is -1.10. The highest BCUT2D eigenvalue weighted by molar-refractivity contribution is 7.15. The molecule has 0 bridgehead atoms. The number of carbonyl (C=O) groups is 6. The van der Waals surface area contributed by atoms with Gasteiger partial charge < -0.3 is 38.9 Å². The van der Waals surface area contributed by atoms with Crippen LogP contribution in [0, 0.1) is 58.2 Å². The van der Waals surface area contributed by atoms with E-state index in [1.165, 1.54) is 28.2 Å². The summed E-state index contributed by atoms with van der Waals surface area (Å²) in [5.41, 5.74) is 0.778. The van der Waals surface area contributed by atoms with Crippen LogP contribution >= 0.6 is 22.7 Å². The first-order valence-corrected chi connectivity index (χ1v) is 25.7. The van der Waals surface area contributed by atoms with Crippen molar-refractivity contribution in [3.63, 3.8) is 0 Å². The van der Waals surface area contributed by atoms with Crippen molar-refractivity contribution in [2.45, 2.75) is 105 Å².